The number of hydrogen-bond donors (Lipinski definition) is 0. The van der Waals surface area contributed by atoms with Gasteiger partial charge in [-0.3, -0.25) is 0 Å². The second-order valence-corrected chi connectivity index (χ2v) is 15.4. The third-order valence-corrected chi connectivity index (χ3v) is 11.7. The lowest BCUT2D eigenvalue weighted by Crippen LogP contribution is -2.09. The van der Waals surface area contributed by atoms with Gasteiger partial charge in [0.1, 0.15) is 11.2 Å². The molecule has 2 heterocycles. The Labute approximate surface area is 354 Å². The van der Waals surface area contributed by atoms with Crippen LogP contribution in [0.15, 0.2) is 223 Å². The molecule has 0 unspecified atom stereocenters. The van der Waals surface area contributed by atoms with Gasteiger partial charge in [0.25, 0.3) is 0 Å². The zero-order chi connectivity index (χ0) is 40.7. The van der Waals surface area contributed by atoms with Gasteiger partial charge >= 0.3 is 0 Å². The van der Waals surface area contributed by atoms with E-state index in [9.17, 15) is 0 Å². The largest absolute Gasteiger partial charge is 0.455 e. The zero-order valence-corrected chi connectivity index (χ0v) is 33.5. The highest BCUT2D eigenvalue weighted by molar-refractivity contribution is 6.22. The predicted molar refractivity (Wildman–Crippen MR) is 253 cm³/mol. The smallest absolute Gasteiger partial charge is 0.160 e. The van der Waals surface area contributed by atoms with E-state index in [0.29, 0.717) is 5.82 Å². The van der Waals surface area contributed by atoms with Crippen LogP contribution in [-0.4, -0.2) is 9.97 Å². The van der Waals surface area contributed by atoms with Crippen molar-refractivity contribution in [3.8, 4) is 56.2 Å². The molecule has 0 spiro atoms. The van der Waals surface area contributed by atoms with Crippen molar-refractivity contribution in [2.24, 2.45) is 0 Å². The number of furan rings is 1. The van der Waals surface area contributed by atoms with Gasteiger partial charge in [0.05, 0.1) is 11.4 Å². The molecule has 0 fully saturated rings. The minimum Gasteiger partial charge on any atom is -0.455 e. The average molecular weight is 782 g/mol. The molecule has 11 rings (SSSR count). The first kappa shape index (κ1) is 36.0. The molecule has 0 saturated heterocycles. The maximum Gasteiger partial charge on any atom is 0.160 e. The summed E-state index contributed by atoms with van der Waals surface area (Å²) < 4.78 is 6.81. The SMILES string of the molecule is Cc1c(-c2ccccc2)nc(-c2ccccc2)nc1-c1cc2c(oc3cccc(-c4ccc(N(c5ccccc5)c5ccc(-c6ccccc6)cc5)cc4)c32)c2ccccc12. The van der Waals surface area contributed by atoms with Crippen molar-refractivity contribution >= 4 is 49.8 Å². The normalized spacial score (nSPS) is 11.4. The number of anilines is 3. The Balaban J connectivity index is 1.06. The van der Waals surface area contributed by atoms with Crippen molar-refractivity contribution in [3.63, 3.8) is 0 Å². The van der Waals surface area contributed by atoms with Crippen molar-refractivity contribution in [2.45, 2.75) is 6.92 Å². The fourth-order valence-corrected chi connectivity index (χ4v) is 8.70. The van der Waals surface area contributed by atoms with E-state index in [-0.39, 0.29) is 0 Å². The Morgan fingerprint density at radius 2 is 0.885 bits per heavy atom. The second kappa shape index (κ2) is 15.3. The van der Waals surface area contributed by atoms with Gasteiger partial charge in [0.2, 0.25) is 0 Å². The first-order valence-corrected chi connectivity index (χ1v) is 20.7. The van der Waals surface area contributed by atoms with Gasteiger partial charge in [-0.25, -0.2) is 9.97 Å². The summed E-state index contributed by atoms with van der Waals surface area (Å²) in [5.74, 6) is 0.693. The van der Waals surface area contributed by atoms with Gasteiger partial charge in [0, 0.05) is 55.5 Å². The highest BCUT2D eigenvalue weighted by atomic mass is 16.3. The van der Waals surface area contributed by atoms with Crippen LogP contribution in [0.3, 0.4) is 0 Å². The molecule has 11 aromatic rings. The lowest BCUT2D eigenvalue weighted by atomic mass is 9.93. The second-order valence-electron chi connectivity index (χ2n) is 15.4. The maximum atomic E-state index is 6.81. The van der Waals surface area contributed by atoms with Crippen LogP contribution in [0.25, 0.3) is 88.9 Å². The van der Waals surface area contributed by atoms with Crippen LogP contribution in [0.5, 0.6) is 0 Å². The van der Waals surface area contributed by atoms with E-state index < -0.39 is 0 Å². The zero-order valence-electron chi connectivity index (χ0n) is 33.5. The molecule has 4 nitrogen and oxygen atoms in total. The number of para-hydroxylation sites is 1. The highest BCUT2D eigenvalue weighted by Crippen LogP contribution is 2.45. The van der Waals surface area contributed by atoms with Gasteiger partial charge in [0.15, 0.2) is 5.82 Å². The van der Waals surface area contributed by atoms with E-state index in [1.165, 1.54) is 11.1 Å². The lowest BCUT2D eigenvalue weighted by Gasteiger charge is -2.26. The number of hydrogen-bond acceptors (Lipinski definition) is 4. The van der Waals surface area contributed by atoms with E-state index in [4.69, 9.17) is 14.4 Å². The van der Waals surface area contributed by atoms with Crippen LogP contribution in [0, 0.1) is 6.92 Å². The molecule has 0 aliphatic rings. The Morgan fingerprint density at radius 3 is 1.54 bits per heavy atom. The summed E-state index contributed by atoms with van der Waals surface area (Å²) in [6.07, 6.45) is 0. The molecule has 0 aliphatic carbocycles. The van der Waals surface area contributed by atoms with Gasteiger partial charge in [-0.15, -0.1) is 0 Å². The molecule has 0 aliphatic heterocycles. The molecule has 61 heavy (non-hydrogen) atoms. The van der Waals surface area contributed by atoms with Crippen molar-refractivity contribution in [2.75, 3.05) is 4.90 Å². The first-order valence-electron chi connectivity index (χ1n) is 20.7. The molecule has 9 aromatic carbocycles. The molecule has 0 radical (unpaired) electrons. The fourth-order valence-electron chi connectivity index (χ4n) is 8.70. The van der Waals surface area contributed by atoms with E-state index in [2.05, 4.69) is 206 Å². The quantitative estimate of drug-likeness (QED) is 0.154. The minimum atomic E-state index is 0.693. The Kier molecular flexibility index (Phi) is 9.02. The number of rotatable bonds is 8. The van der Waals surface area contributed by atoms with E-state index in [1.54, 1.807) is 0 Å². The summed E-state index contributed by atoms with van der Waals surface area (Å²) in [7, 11) is 0. The predicted octanol–water partition coefficient (Wildman–Crippen LogP) is 15.6. The molecule has 0 atom stereocenters. The fraction of sp³-hybridized carbons (Fsp3) is 0.0175. The van der Waals surface area contributed by atoms with Crippen LogP contribution >= 0.6 is 0 Å². The Bertz CT molecular complexity index is 3330. The van der Waals surface area contributed by atoms with Gasteiger partial charge < -0.3 is 9.32 Å². The summed E-state index contributed by atoms with van der Waals surface area (Å²) in [6.45, 7) is 2.14. The topological polar surface area (TPSA) is 42.2 Å². The molecular formula is C57H39N3O. The molecule has 2 aromatic heterocycles. The number of fused-ring (bicyclic) bond motifs is 5. The standard InChI is InChI=1S/C57H39N3O/c1-38-54(42-19-8-3-9-20-42)58-57(43-21-10-4-11-22-43)59-55(38)50-37-51-53-47(27-16-28-52(53)61-56(51)49-26-15-14-25-48(49)50)41-31-35-46(36-32-41)60(44-23-12-5-13-24-44)45-33-29-40(30-34-45)39-17-6-2-7-18-39/h2-37H,1H3. The van der Waals surface area contributed by atoms with E-state index in [0.717, 1.165) is 94.5 Å². The maximum absolute atomic E-state index is 6.81. The van der Waals surface area contributed by atoms with E-state index >= 15 is 0 Å². The number of benzene rings is 9. The first-order chi connectivity index (χ1) is 30.2. The highest BCUT2D eigenvalue weighted by Gasteiger charge is 2.22. The number of nitrogens with zero attached hydrogens (tertiary/aromatic N) is 3. The van der Waals surface area contributed by atoms with Gasteiger partial charge in [-0.05, 0) is 83.1 Å². The summed E-state index contributed by atoms with van der Waals surface area (Å²) in [5.41, 5.74) is 15.5. The van der Waals surface area contributed by atoms with Crippen LogP contribution in [0.2, 0.25) is 0 Å². The molecule has 0 saturated carbocycles. The van der Waals surface area contributed by atoms with Gasteiger partial charge in [-0.2, -0.15) is 0 Å². The van der Waals surface area contributed by atoms with Crippen LogP contribution in [0.1, 0.15) is 5.56 Å². The lowest BCUT2D eigenvalue weighted by molar-refractivity contribution is 0.673. The third-order valence-electron chi connectivity index (χ3n) is 11.7. The van der Waals surface area contributed by atoms with E-state index in [1.807, 2.05) is 24.3 Å². The van der Waals surface area contributed by atoms with Crippen LogP contribution in [-0.2, 0) is 0 Å². The number of aromatic nitrogens is 2. The van der Waals surface area contributed by atoms with Gasteiger partial charge in [-0.1, -0.05) is 170 Å². The molecule has 0 N–H and O–H groups in total. The van der Waals surface area contributed by atoms with Crippen molar-refractivity contribution in [3.05, 3.63) is 224 Å². The molecular weight excluding hydrogens is 743 g/mol. The van der Waals surface area contributed by atoms with Crippen LogP contribution in [0.4, 0.5) is 17.1 Å². The molecule has 0 amide bonds. The molecule has 0 bridgehead atoms. The van der Waals surface area contributed by atoms with Crippen LogP contribution < -0.4 is 4.90 Å². The van der Waals surface area contributed by atoms with Crippen molar-refractivity contribution in [1.82, 2.24) is 9.97 Å². The molecule has 288 valence electrons. The summed E-state index contributed by atoms with van der Waals surface area (Å²) in [5, 5.41) is 4.25. The summed E-state index contributed by atoms with van der Waals surface area (Å²) >= 11 is 0. The summed E-state index contributed by atoms with van der Waals surface area (Å²) in [4.78, 5) is 12.8. The average Bonchev–Trinajstić information content (AvgIpc) is 3.72. The minimum absolute atomic E-state index is 0.693. The Morgan fingerprint density at radius 1 is 0.377 bits per heavy atom. The van der Waals surface area contributed by atoms with Crippen molar-refractivity contribution < 1.29 is 4.42 Å². The third kappa shape index (κ3) is 6.52. The molecule has 4 heteroatoms. The van der Waals surface area contributed by atoms with Crippen molar-refractivity contribution in [1.29, 1.82) is 0 Å². The summed E-state index contributed by atoms with van der Waals surface area (Å²) in [6, 6.07) is 76.6. The monoisotopic (exact) mass is 781 g/mol. The Hall–Kier alpha value is -8.08.